The quantitative estimate of drug-likeness (QED) is 0.546. The zero-order valence-electron chi connectivity index (χ0n) is 16.7. The van der Waals surface area contributed by atoms with Crippen LogP contribution in [0.4, 0.5) is 0 Å². The molecule has 0 saturated heterocycles. The molecule has 0 aromatic heterocycles. The lowest BCUT2D eigenvalue weighted by molar-refractivity contribution is 0.0916. The first-order chi connectivity index (χ1) is 10.7. The van der Waals surface area contributed by atoms with Crippen molar-refractivity contribution >= 4 is 8.24 Å². The Labute approximate surface area is 146 Å². The van der Waals surface area contributed by atoms with Crippen LogP contribution in [0.2, 0.25) is 18.6 Å². The van der Waals surface area contributed by atoms with E-state index < -0.39 is 8.24 Å². The molecule has 3 saturated carbocycles. The van der Waals surface area contributed by atoms with Crippen LogP contribution in [-0.4, -0.2) is 24.9 Å². The zero-order valence-corrected chi connectivity index (χ0v) is 17.7. The van der Waals surface area contributed by atoms with Crippen LogP contribution in [0.15, 0.2) is 0 Å². The fourth-order valence-electron chi connectivity index (χ4n) is 7.27. The van der Waals surface area contributed by atoms with Crippen LogP contribution in [0.25, 0.3) is 0 Å². The first kappa shape index (κ1) is 18.0. The van der Waals surface area contributed by atoms with E-state index in [1.54, 1.807) is 38.5 Å². The Kier molecular flexibility index (Phi) is 5.07. The molecule has 0 amide bonds. The molecule has 0 aromatic carbocycles. The van der Waals surface area contributed by atoms with Crippen molar-refractivity contribution in [2.24, 2.45) is 23.7 Å². The Bertz CT molecular complexity index is 411. The second-order valence-corrected chi connectivity index (χ2v) is 15.0. The van der Waals surface area contributed by atoms with Gasteiger partial charge in [0.25, 0.3) is 0 Å². The second-order valence-electron chi connectivity index (χ2n) is 10.5. The van der Waals surface area contributed by atoms with Crippen LogP contribution in [-0.2, 0) is 0 Å². The molecule has 0 radical (unpaired) electrons. The second kappa shape index (κ2) is 6.48. The molecule has 0 heterocycles. The van der Waals surface area contributed by atoms with Gasteiger partial charge in [0.05, 0.1) is 0 Å². The minimum atomic E-state index is -1.37. The van der Waals surface area contributed by atoms with Gasteiger partial charge in [0.2, 0.25) is 0 Å². The molecule has 0 aromatic rings. The van der Waals surface area contributed by atoms with Crippen LogP contribution in [0.3, 0.4) is 0 Å². The van der Waals surface area contributed by atoms with E-state index >= 15 is 0 Å². The van der Waals surface area contributed by atoms with Crippen LogP contribution in [0, 0.1) is 23.7 Å². The first-order valence-electron chi connectivity index (χ1n) is 10.5. The third-order valence-electron chi connectivity index (χ3n) is 7.95. The Morgan fingerprint density at radius 2 is 1.48 bits per heavy atom. The van der Waals surface area contributed by atoms with Gasteiger partial charge in [0.15, 0.2) is 0 Å². The van der Waals surface area contributed by atoms with Gasteiger partial charge in [-0.3, -0.25) is 0 Å². The number of fused-ring (bicyclic) bond motifs is 2. The van der Waals surface area contributed by atoms with Gasteiger partial charge in [0, 0.05) is 5.54 Å². The Hall–Kier alpha value is 0.177. The molecule has 0 aliphatic heterocycles. The summed E-state index contributed by atoms with van der Waals surface area (Å²) in [4.78, 5) is 0. The molecule has 3 aliphatic carbocycles. The molecule has 23 heavy (non-hydrogen) atoms. The SMILES string of the molecule is CCN(C(C)(C)C)[Si](C)(C)C1CCC2CC3CCCCC3CC21. The van der Waals surface area contributed by atoms with Crippen LogP contribution < -0.4 is 0 Å². The standard InChI is InChI=1S/C21H41NSi/c1-7-22(21(2,3)4)23(5,6)20-13-12-18-14-16-10-8-9-11-17(16)15-19(18)20/h16-20H,7-15H2,1-6H3. The summed E-state index contributed by atoms with van der Waals surface area (Å²) >= 11 is 0. The van der Waals surface area contributed by atoms with Crippen molar-refractivity contribution in [1.82, 2.24) is 4.57 Å². The molecule has 0 bridgehead atoms. The third kappa shape index (κ3) is 3.32. The van der Waals surface area contributed by atoms with Gasteiger partial charge in [-0.2, -0.15) is 0 Å². The van der Waals surface area contributed by atoms with Gasteiger partial charge in [-0.25, -0.2) is 0 Å². The van der Waals surface area contributed by atoms with E-state index in [-0.39, 0.29) is 0 Å². The van der Waals surface area contributed by atoms with Crippen molar-refractivity contribution in [3.8, 4) is 0 Å². The van der Waals surface area contributed by atoms with E-state index in [9.17, 15) is 0 Å². The van der Waals surface area contributed by atoms with E-state index in [1.165, 1.54) is 19.4 Å². The molecular formula is C21H41NSi. The van der Waals surface area contributed by atoms with Gasteiger partial charge >= 0.3 is 0 Å². The highest BCUT2D eigenvalue weighted by molar-refractivity contribution is 6.76. The Morgan fingerprint density at radius 3 is 2.04 bits per heavy atom. The fraction of sp³-hybridized carbons (Fsp3) is 1.00. The van der Waals surface area contributed by atoms with Crippen LogP contribution in [0.5, 0.6) is 0 Å². The zero-order chi connectivity index (χ0) is 16.8. The average molecular weight is 336 g/mol. The molecule has 3 rings (SSSR count). The fourth-order valence-corrected chi connectivity index (χ4v) is 12.5. The van der Waals surface area contributed by atoms with Gasteiger partial charge < -0.3 is 4.57 Å². The van der Waals surface area contributed by atoms with Crippen LogP contribution in [0.1, 0.15) is 79.1 Å². The summed E-state index contributed by atoms with van der Waals surface area (Å²) in [7, 11) is -1.37. The normalized spacial score (nSPS) is 38.5. The molecule has 2 heteroatoms. The maximum atomic E-state index is 2.93. The Morgan fingerprint density at radius 1 is 0.870 bits per heavy atom. The van der Waals surface area contributed by atoms with Crippen molar-refractivity contribution in [1.29, 1.82) is 0 Å². The highest BCUT2D eigenvalue weighted by Gasteiger charge is 2.52. The van der Waals surface area contributed by atoms with E-state index in [0.717, 1.165) is 29.2 Å². The summed E-state index contributed by atoms with van der Waals surface area (Å²) in [6.07, 6.45) is 12.4. The van der Waals surface area contributed by atoms with Gasteiger partial charge in [-0.1, -0.05) is 58.5 Å². The van der Waals surface area contributed by atoms with E-state index in [4.69, 9.17) is 0 Å². The lowest BCUT2D eigenvalue weighted by atomic mass is 9.64. The number of hydrogen-bond acceptors (Lipinski definition) is 1. The van der Waals surface area contributed by atoms with Gasteiger partial charge in [0.1, 0.15) is 8.24 Å². The highest BCUT2D eigenvalue weighted by atomic mass is 28.3. The van der Waals surface area contributed by atoms with E-state index in [1.807, 2.05) is 0 Å². The third-order valence-corrected chi connectivity index (χ3v) is 12.9. The molecular weight excluding hydrogens is 294 g/mol. The first-order valence-corrected chi connectivity index (χ1v) is 13.5. The van der Waals surface area contributed by atoms with Crippen molar-refractivity contribution in [2.45, 2.75) is 103 Å². The number of nitrogens with zero attached hydrogens (tertiary/aromatic N) is 1. The van der Waals surface area contributed by atoms with E-state index in [0.29, 0.717) is 5.54 Å². The molecule has 5 atom stereocenters. The summed E-state index contributed by atoms with van der Waals surface area (Å²) < 4.78 is 2.93. The molecule has 0 N–H and O–H groups in total. The minimum absolute atomic E-state index is 0.338. The summed E-state index contributed by atoms with van der Waals surface area (Å²) in [6, 6.07) is 0. The predicted molar refractivity (Wildman–Crippen MR) is 104 cm³/mol. The maximum absolute atomic E-state index is 2.93. The monoisotopic (exact) mass is 335 g/mol. The topological polar surface area (TPSA) is 3.24 Å². The molecule has 5 unspecified atom stereocenters. The molecule has 3 fully saturated rings. The Balaban J connectivity index is 1.78. The van der Waals surface area contributed by atoms with Crippen molar-refractivity contribution in [3.05, 3.63) is 0 Å². The largest absolute Gasteiger partial charge is 0.319 e. The molecule has 3 aliphatic rings. The summed E-state index contributed by atoms with van der Waals surface area (Å²) in [5, 5.41) is 0. The van der Waals surface area contributed by atoms with E-state index in [2.05, 4.69) is 45.4 Å². The van der Waals surface area contributed by atoms with Crippen molar-refractivity contribution in [2.75, 3.05) is 6.54 Å². The summed E-state index contributed by atoms with van der Waals surface area (Å²) in [6.45, 7) is 16.3. The lowest BCUT2D eigenvalue weighted by Gasteiger charge is -2.52. The van der Waals surface area contributed by atoms with Crippen molar-refractivity contribution < 1.29 is 0 Å². The highest BCUT2D eigenvalue weighted by Crippen LogP contribution is 2.58. The number of hydrogen-bond donors (Lipinski definition) is 0. The average Bonchev–Trinajstić information content (AvgIpc) is 2.87. The van der Waals surface area contributed by atoms with Crippen LogP contribution >= 0.6 is 0 Å². The lowest BCUT2D eigenvalue weighted by Crippen LogP contribution is -2.60. The molecule has 134 valence electrons. The van der Waals surface area contributed by atoms with Gasteiger partial charge in [-0.05, 0) is 69.4 Å². The number of rotatable bonds is 3. The predicted octanol–water partition coefficient (Wildman–Crippen LogP) is 6.31. The minimum Gasteiger partial charge on any atom is -0.319 e. The summed E-state index contributed by atoms with van der Waals surface area (Å²) in [5.74, 6) is 4.37. The molecule has 0 spiro atoms. The maximum Gasteiger partial charge on any atom is 0.126 e. The molecule has 1 nitrogen and oxygen atoms in total. The van der Waals surface area contributed by atoms with Gasteiger partial charge in [-0.15, -0.1) is 0 Å². The smallest absolute Gasteiger partial charge is 0.126 e. The van der Waals surface area contributed by atoms with Crippen molar-refractivity contribution in [3.63, 3.8) is 0 Å². The summed E-state index contributed by atoms with van der Waals surface area (Å²) in [5.41, 5.74) is 1.39.